The number of carbonyl (C=O) groups is 1. The van der Waals surface area contributed by atoms with Gasteiger partial charge < -0.3 is 4.90 Å². The van der Waals surface area contributed by atoms with Gasteiger partial charge in [0.05, 0.1) is 15.5 Å². The van der Waals surface area contributed by atoms with Gasteiger partial charge in [-0.15, -0.1) is 0 Å². The van der Waals surface area contributed by atoms with E-state index in [1.165, 1.54) is 18.2 Å². The fraction of sp³-hybridized carbons (Fsp3) is 0.235. The molecule has 118 valence electrons. The number of nitro groups is 1. The van der Waals surface area contributed by atoms with Crippen molar-refractivity contribution in [2.45, 2.75) is 19.3 Å². The molecule has 3 rings (SSSR count). The molecule has 6 heteroatoms. The molecule has 1 aliphatic heterocycles. The Labute approximate surface area is 138 Å². The van der Waals surface area contributed by atoms with Crippen LogP contribution in [0, 0.1) is 10.1 Å². The van der Waals surface area contributed by atoms with Crippen LogP contribution in [0.1, 0.15) is 35.2 Å². The van der Waals surface area contributed by atoms with Crippen LogP contribution in [0.4, 0.5) is 11.4 Å². The number of rotatable bonds is 2. The molecule has 0 N–H and O–H groups in total. The molecule has 1 heterocycles. The second-order valence-corrected chi connectivity index (χ2v) is 6.03. The van der Waals surface area contributed by atoms with Crippen LogP contribution in [-0.2, 0) is 0 Å². The summed E-state index contributed by atoms with van der Waals surface area (Å²) >= 11 is 6.09. The van der Waals surface area contributed by atoms with Gasteiger partial charge in [0.15, 0.2) is 0 Å². The minimum absolute atomic E-state index is 0.0975. The number of hydrogen-bond acceptors (Lipinski definition) is 3. The summed E-state index contributed by atoms with van der Waals surface area (Å²) in [6.45, 7) is 2.74. The summed E-state index contributed by atoms with van der Waals surface area (Å²) in [5.74, 6) is 0.159. The first kappa shape index (κ1) is 15.5. The topological polar surface area (TPSA) is 63.5 Å². The maximum atomic E-state index is 12.8. The maximum Gasteiger partial charge on any atom is 0.270 e. The van der Waals surface area contributed by atoms with Crippen molar-refractivity contribution < 1.29 is 9.72 Å². The minimum Gasteiger partial charge on any atom is -0.308 e. The molecule has 5 nitrogen and oxygen atoms in total. The summed E-state index contributed by atoms with van der Waals surface area (Å²) in [5.41, 5.74) is 2.16. The second kappa shape index (κ2) is 6.01. The summed E-state index contributed by atoms with van der Waals surface area (Å²) in [4.78, 5) is 24.8. The Morgan fingerprint density at radius 1 is 1.30 bits per heavy atom. The molecule has 0 fully saturated rings. The number of halogens is 1. The van der Waals surface area contributed by atoms with Crippen LogP contribution in [0.25, 0.3) is 0 Å². The zero-order chi connectivity index (χ0) is 16.6. The number of carbonyl (C=O) groups excluding carboxylic acids is 1. The molecule has 1 amide bonds. The summed E-state index contributed by atoms with van der Waals surface area (Å²) in [5, 5.41) is 10.9. The largest absolute Gasteiger partial charge is 0.308 e. The van der Waals surface area contributed by atoms with Gasteiger partial charge in [-0.3, -0.25) is 14.9 Å². The van der Waals surface area contributed by atoms with Crippen molar-refractivity contribution in [3.8, 4) is 0 Å². The maximum absolute atomic E-state index is 12.8. The zero-order valence-corrected chi connectivity index (χ0v) is 13.3. The number of non-ortho nitro benzene ring substituents is 1. The van der Waals surface area contributed by atoms with E-state index in [4.69, 9.17) is 11.6 Å². The first-order valence-corrected chi connectivity index (χ1v) is 7.71. The highest BCUT2D eigenvalue weighted by Gasteiger charge is 2.28. The summed E-state index contributed by atoms with van der Waals surface area (Å²) in [7, 11) is 0. The number of hydrogen-bond donors (Lipinski definition) is 0. The molecular weight excluding hydrogens is 316 g/mol. The molecule has 1 atom stereocenters. The van der Waals surface area contributed by atoms with E-state index < -0.39 is 4.92 Å². The molecule has 0 radical (unpaired) electrons. The van der Waals surface area contributed by atoms with Crippen molar-refractivity contribution >= 4 is 28.9 Å². The van der Waals surface area contributed by atoms with Crippen LogP contribution < -0.4 is 4.90 Å². The summed E-state index contributed by atoms with van der Waals surface area (Å²) in [6.07, 6.45) is 0.868. The van der Waals surface area contributed by atoms with Crippen molar-refractivity contribution in [2.75, 3.05) is 11.4 Å². The number of amides is 1. The number of para-hydroxylation sites is 1. The predicted molar refractivity (Wildman–Crippen MR) is 89.3 cm³/mol. The molecule has 2 aromatic carbocycles. The van der Waals surface area contributed by atoms with Crippen molar-refractivity contribution in [3.05, 3.63) is 68.7 Å². The first-order chi connectivity index (χ1) is 11.0. The molecule has 0 spiro atoms. The van der Waals surface area contributed by atoms with E-state index >= 15 is 0 Å². The third-order valence-electron chi connectivity index (χ3n) is 4.18. The smallest absolute Gasteiger partial charge is 0.270 e. The van der Waals surface area contributed by atoms with Crippen LogP contribution >= 0.6 is 11.6 Å². The zero-order valence-electron chi connectivity index (χ0n) is 12.5. The van der Waals surface area contributed by atoms with Gasteiger partial charge in [-0.05, 0) is 30.0 Å². The van der Waals surface area contributed by atoms with Crippen molar-refractivity contribution in [1.82, 2.24) is 0 Å². The highest BCUT2D eigenvalue weighted by atomic mass is 35.5. The minimum atomic E-state index is -0.530. The first-order valence-electron chi connectivity index (χ1n) is 7.33. The van der Waals surface area contributed by atoms with Crippen molar-refractivity contribution in [1.29, 1.82) is 0 Å². The molecule has 0 aliphatic carbocycles. The normalized spacial score (nSPS) is 16.8. The van der Waals surface area contributed by atoms with Gasteiger partial charge in [-0.1, -0.05) is 36.7 Å². The Bertz CT molecular complexity index is 791. The van der Waals surface area contributed by atoms with Crippen molar-refractivity contribution in [2.24, 2.45) is 0 Å². The SMILES string of the molecule is CC1CCN(C(=O)c2ccc([N+](=O)[O-])cc2Cl)c2ccccc21. The molecule has 1 unspecified atom stereocenters. The van der Waals surface area contributed by atoms with E-state index in [-0.39, 0.29) is 22.2 Å². The molecule has 0 saturated carbocycles. The van der Waals surface area contributed by atoms with Crippen LogP contribution in [0.2, 0.25) is 5.02 Å². The van der Waals surface area contributed by atoms with Gasteiger partial charge in [0.1, 0.15) is 0 Å². The highest BCUT2D eigenvalue weighted by molar-refractivity contribution is 6.34. The van der Waals surface area contributed by atoms with Gasteiger partial charge in [0.2, 0.25) is 0 Å². The van der Waals surface area contributed by atoms with Gasteiger partial charge >= 0.3 is 0 Å². The molecular formula is C17H15ClN2O3. The van der Waals surface area contributed by atoms with E-state index in [1.54, 1.807) is 4.90 Å². The number of benzene rings is 2. The summed E-state index contributed by atoms with van der Waals surface area (Å²) < 4.78 is 0. The molecule has 2 aromatic rings. The van der Waals surface area contributed by atoms with Crippen LogP contribution in [0.5, 0.6) is 0 Å². The molecule has 0 bridgehead atoms. The van der Waals surface area contributed by atoms with Gasteiger partial charge in [-0.2, -0.15) is 0 Å². The Morgan fingerprint density at radius 3 is 2.74 bits per heavy atom. The van der Waals surface area contributed by atoms with Crippen LogP contribution in [0.15, 0.2) is 42.5 Å². The lowest BCUT2D eigenvalue weighted by Crippen LogP contribution is -2.36. The summed E-state index contributed by atoms with van der Waals surface area (Å²) in [6, 6.07) is 11.7. The molecule has 1 aliphatic rings. The van der Waals surface area contributed by atoms with Crippen molar-refractivity contribution in [3.63, 3.8) is 0 Å². The van der Waals surface area contributed by atoms with E-state index in [2.05, 4.69) is 6.92 Å². The fourth-order valence-corrected chi connectivity index (χ4v) is 3.15. The standard InChI is InChI=1S/C17H15ClN2O3/c1-11-8-9-19(16-5-3-2-4-13(11)16)17(21)14-7-6-12(20(22)23)10-15(14)18/h2-7,10-11H,8-9H2,1H3. The average molecular weight is 331 g/mol. The Kier molecular flexibility index (Phi) is 4.05. The van der Waals surface area contributed by atoms with E-state index in [9.17, 15) is 14.9 Å². The van der Waals surface area contributed by atoms with Crippen LogP contribution in [-0.4, -0.2) is 17.4 Å². The average Bonchev–Trinajstić information content (AvgIpc) is 2.54. The highest BCUT2D eigenvalue weighted by Crippen LogP contribution is 2.36. The lowest BCUT2D eigenvalue weighted by Gasteiger charge is -2.33. The fourth-order valence-electron chi connectivity index (χ4n) is 2.90. The van der Waals surface area contributed by atoms with E-state index in [0.717, 1.165) is 17.7 Å². The van der Waals surface area contributed by atoms with Crippen LogP contribution in [0.3, 0.4) is 0 Å². The second-order valence-electron chi connectivity index (χ2n) is 5.63. The lowest BCUT2D eigenvalue weighted by atomic mass is 9.91. The van der Waals surface area contributed by atoms with E-state index in [1.807, 2.05) is 24.3 Å². The Morgan fingerprint density at radius 2 is 2.04 bits per heavy atom. The number of nitro benzene ring substituents is 1. The number of fused-ring (bicyclic) bond motifs is 1. The van der Waals surface area contributed by atoms with Gasteiger partial charge in [0, 0.05) is 24.4 Å². The number of anilines is 1. The monoisotopic (exact) mass is 330 g/mol. The Balaban J connectivity index is 1.99. The van der Waals surface area contributed by atoms with Gasteiger partial charge in [0.25, 0.3) is 11.6 Å². The third-order valence-corrected chi connectivity index (χ3v) is 4.50. The quantitative estimate of drug-likeness (QED) is 0.605. The lowest BCUT2D eigenvalue weighted by molar-refractivity contribution is -0.384. The predicted octanol–water partition coefficient (Wildman–Crippen LogP) is 4.40. The molecule has 0 saturated heterocycles. The Hall–Kier alpha value is -2.40. The van der Waals surface area contributed by atoms with Gasteiger partial charge in [-0.25, -0.2) is 0 Å². The number of nitrogens with zero attached hydrogens (tertiary/aromatic N) is 2. The molecule has 23 heavy (non-hydrogen) atoms. The third kappa shape index (κ3) is 2.80. The van der Waals surface area contributed by atoms with E-state index in [0.29, 0.717) is 12.5 Å². The molecule has 0 aromatic heterocycles.